The Hall–Kier alpha value is -0.860. The smallest absolute Gasteiger partial charge is 0.108 e. The van der Waals surface area contributed by atoms with Crippen LogP contribution in [0.2, 0.25) is 0 Å². The van der Waals surface area contributed by atoms with Crippen molar-refractivity contribution in [3.8, 4) is 0 Å². The van der Waals surface area contributed by atoms with Crippen molar-refractivity contribution in [2.75, 3.05) is 6.61 Å². The van der Waals surface area contributed by atoms with Gasteiger partial charge in [0.05, 0.1) is 6.10 Å². The summed E-state index contributed by atoms with van der Waals surface area (Å²) in [5.41, 5.74) is 1.17. The second kappa shape index (κ2) is 4.91. The predicted octanol–water partition coefficient (Wildman–Crippen LogP) is 1.41. The molecule has 0 bridgehead atoms. The number of hydrogen-bond donors (Lipinski definition) is 1. The van der Waals surface area contributed by atoms with Gasteiger partial charge in [0.2, 0.25) is 0 Å². The van der Waals surface area contributed by atoms with E-state index in [0.717, 1.165) is 6.42 Å². The number of aryl methyl sites for hydroxylation is 1. The van der Waals surface area contributed by atoms with Crippen LogP contribution in [-0.2, 0) is 11.5 Å². The second-order valence-electron chi connectivity index (χ2n) is 2.84. The molecule has 0 amide bonds. The van der Waals surface area contributed by atoms with Crippen LogP contribution < -0.4 is 0 Å². The van der Waals surface area contributed by atoms with Crippen molar-refractivity contribution in [3.05, 3.63) is 35.9 Å². The lowest BCUT2D eigenvalue weighted by Crippen LogP contribution is -2.11. The van der Waals surface area contributed by atoms with Crippen molar-refractivity contribution in [3.63, 3.8) is 0 Å². The molecule has 1 unspecified atom stereocenters. The molecule has 1 radical (unpaired) electrons. The Labute approximate surface area is 72.5 Å². The zero-order valence-electron chi connectivity index (χ0n) is 6.94. The first-order valence-electron chi connectivity index (χ1n) is 4.13. The van der Waals surface area contributed by atoms with Gasteiger partial charge >= 0.3 is 0 Å². The van der Waals surface area contributed by atoms with Crippen LogP contribution >= 0.6 is 0 Å². The summed E-state index contributed by atoms with van der Waals surface area (Å²) in [5.74, 6) is 0. The molecule has 0 aliphatic heterocycles. The maximum absolute atomic E-state index is 10.2. The van der Waals surface area contributed by atoms with E-state index >= 15 is 0 Å². The predicted molar refractivity (Wildman–Crippen MR) is 46.3 cm³/mol. The fourth-order valence-electron chi connectivity index (χ4n) is 1.06. The molecule has 0 saturated carbocycles. The SMILES string of the molecule is [O]CC(O)CCc1ccccc1. The minimum absolute atomic E-state index is 0.396. The summed E-state index contributed by atoms with van der Waals surface area (Å²) in [7, 11) is 0. The third kappa shape index (κ3) is 3.03. The van der Waals surface area contributed by atoms with E-state index in [1.54, 1.807) is 0 Å². The minimum atomic E-state index is -0.690. The molecular formula is C10H13O2. The average Bonchev–Trinajstić information content (AvgIpc) is 2.16. The second-order valence-corrected chi connectivity index (χ2v) is 2.84. The van der Waals surface area contributed by atoms with E-state index in [4.69, 9.17) is 5.11 Å². The molecule has 0 aliphatic carbocycles. The van der Waals surface area contributed by atoms with E-state index in [1.807, 2.05) is 30.3 Å². The van der Waals surface area contributed by atoms with E-state index in [1.165, 1.54) is 5.56 Å². The van der Waals surface area contributed by atoms with Crippen molar-refractivity contribution in [1.29, 1.82) is 0 Å². The summed E-state index contributed by atoms with van der Waals surface area (Å²) in [6.45, 7) is -0.396. The summed E-state index contributed by atoms with van der Waals surface area (Å²) in [6.07, 6.45) is 0.655. The number of aliphatic hydroxyl groups is 1. The van der Waals surface area contributed by atoms with Gasteiger partial charge in [-0.25, -0.2) is 5.11 Å². The third-order valence-corrected chi connectivity index (χ3v) is 1.80. The standard InChI is InChI=1S/C10H13O2/c11-8-10(12)7-6-9-4-2-1-3-5-9/h1-5,10,12H,6-8H2. The van der Waals surface area contributed by atoms with Crippen LogP contribution in [0.15, 0.2) is 30.3 Å². The molecule has 0 saturated heterocycles. The van der Waals surface area contributed by atoms with Gasteiger partial charge in [-0.1, -0.05) is 30.3 Å². The summed E-state index contributed by atoms with van der Waals surface area (Å²) in [6, 6.07) is 9.86. The highest BCUT2D eigenvalue weighted by Gasteiger charge is 2.02. The molecule has 2 heteroatoms. The number of hydrogen-bond acceptors (Lipinski definition) is 1. The maximum Gasteiger partial charge on any atom is 0.108 e. The van der Waals surface area contributed by atoms with Gasteiger partial charge in [-0.05, 0) is 18.4 Å². The molecule has 12 heavy (non-hydrogen) atoms. The molecule has 1 atom stereocenters. The highest BCUT2D eigenvalue weighted by Crippen LogP contribution is 2.04. The van der Waals surface area contributed by atoms with Gasteiger partial charge < -0.3 is 5.11 Å². The molecule has 1 aromatic carbocycles. The van der Waals surface area contributed by atoms with Crippen molar-refractivity contribution in [2.45, 2.75) is 18.9 Å². The molecule has 65 valence electrons. The van der Waals surface area contributed by atoms with Gasteiger partial charge in [0.15, 0.2) is 0 Å². The quantitative estimate of drug-likeness (QED) is 0.720. The Bertz CT molecular complexity index is 208. The topological polar surface area (TPSA) is 40.1 Å². The molecule has 2 nitrogen and oxygen atoms in total. The van der Waals surface area contributed by atoms with Gasteiger partial charge in [-0.3, -0.25) is 0 Å². The highest BCUT2D eigenvalue weighted by atomic mass is 16.3. The number of aliphatic hydroxyl groups excluding tert-OH is 1. The third-order valence-electron chi connectivity index (χ3n) is 1.80. The van der Waals surface area contributed by atoms with Crippen LogP contribution in [0.1, 0.15) is 12.0 Å². The Kier molecular flexibility index (Phi) is 3.77. The van der Waals surface area contributed by atoms with Crippen LogP contribution in [0.3, 0.4) is 0 Å². The van der Waals surface area contributed by atoms with Gasteiger partial charge in [0.25, 0.3) is 0 Å². The van der Waals surface area contributed by atoms with E-state index < -0.39 is 12.7 Å². The largest absolute Gasteiger partial charge is 0.391 e. The zero-order valence-corrected chi connectivity index (χ0v) is 6.94. The van der Waals surface area contributed by atoms with Crippen LogP contribution in [0.25, 0.3) is 0 Å². The molecule has 0 spiro atoms. The maximum atomic E-state index is 10.2. The first-order chi connectivity index (χ1) is 5.83. The van der Waals surface area contributed by atoms with E-state index in [2.05, 4.69) is 0 Å². The monoisotopic (exact) mass is 165 g/mol. The van der Waals surface area contributed by atoms with Gasteiger partial charge in [0, 0.05) is 0 Å². The summed E-state index contributed by atoms with van der Waals surface area (Å²) >= 11 is 0. The van der Waals surface area contributed by atoms with E-state index in [0.29, 0.717) is 6.42 Å². The van der Waals surface area contributed by atoms with Crippen molar-refractivity contribution < 1.29 is 10.2 Å². The molecule has 1 rings (SSSR count). The Balaban J connectivity index is 2.33. The molecule has 1 N–H and O–H groups in total. The first-order valence-corrected chi connectivity index (χ1v) is 4.13. The summed E-state index contributed by atoms with van der Waals surface area (Å²) in [5, 5.41) is 19.2. The Morgan fingerprint density at radius 2 is 1.92 bits per heavy atom. The lowest BCUT2D eigenvalue weighted by atomic mass is 10.1. The van der Waals surface area contributed by atoms with Crippen LogP contribution in [-0.4, -0.2) is 17.8 Å². The molecule has 1 aromatic rings. The molecule has 0 aromatic heterocycles. The molecule has 0 heterocycles. The lowest BCUT2D eigenvalue weighted by Gasteiger charge is -2.04. The molecule has 0 fully saturated rings. The van der Waals surface area contributed by atoms with Crippen LogP contribution in [0.4, 0.5) is 0 Å². The zero-order chi connectivity index (χ0) is 8.81. The van der Waals surface area contributed by atoms with Crippen molar-refractivity contribution >= 4 is 0 Å². The van der Waals surface area contributed by atoms with Gasteiger partial charge in [-0.2, -0.15) is 0 Å². The fourth-order valence-corrected chi connectivity index (χ4v) is 1.06. The highest BCUT2D eigenvalue weighted by molar-refractivity contribution is 5.14. The summed E-state index contributed by atoms with van der Waals surface area (Å²) < 4.78 is 0. The number of rotatable bonds is 4. The molecular weight excluding hydrogens is 152 g/mol. The Morgan fingerprint density at radius 1 is 1.25 bits per heavy atom. The number of benzene rings is 1. The van der Waals surface area contributed by atoms with Crippen molar-refractivity contribution in [2.24, 2.45) is 0 Å². The van der Waals surface area contributed by atoms with Gasteiger partial charge in [0.1, 0.15) is 6.61 Å². The van der Waals surface area contributed by atoms with Gasteiger partial charge in [-0.15, -0.1) is 0 Å². The summed E-state index contributed by atoms with van der Waals surface area (Å²) in [4.78, 5) is 0. The van der Waals surface area contributed by atoms with Crippen molar-refractivity contribution in [1.82, 2.24) is 0 Å². The normalized spacial score (nSPS) is 12.8. The molecule has 0 aliphatic rings. The van der Waals surface area contributed by atoms with Crippen LogP contribution in [0, 0.1) is 0 Å². The van der Waals surface area contributed by atoms with E-state index in [-0.39, 0.29) is 0 Å². The fraction of sp³-hybridized carbons (Fsp3) is 0.400. The Morgan fingerprint density at radius 3 is 2.50 bits per heavy atom. The minimum Gasteiger partial charge on any atom is -0.391 e. The van der Waals surface area contributed by atoms with E-state index in [9.17, 15) is 5.11 Å². The lowest BCUT2D eigenvalue weighted by molar-refractivity contribution is 0.0504. The first kappa shape index (κ1) is 9.23. The average molecular weight is 165 g/mol. The van der Waals surface area contributed by atoms with Crippen LogP contribution in [0.5, 0.6) is 0 Å².